The maximum Gasteiger partial charge on any atom is 0.255 e. The average Bonchev–Trinajstić information content (AvgIpc) is 2.69. The van der Waals surface area contributed by atoms with Crippen molar-refractivity contribution in [1.29, 1.82) is 0 Å². The van der Waals surface area contributed by atoms with Crippen LogP contribution in [-0.4, -0.2) is 41.3 Å². The van der Waals surface area contributed by atoms with Gasteiger partial charge in [-0.05, 0) is 42.5 Å². The topological polar surface area (TPSA) is 62.3 Å². The summed E-state index contributed by atoms with van der Waals surface area (Å²) >= 11 is 3.47. The number of hydrogen-bond acceptors (Lipinski definition) is 3. The number of halogens is 1. The zero-order chi connectivity index (χ0) is 18.4. The second-order valence-corrected chi connectivity index (χ2v) is 7.40. The molecule has 0 aliphatic carbocycles. The number of pyridine rings is 1. The summed E-state index contributed by atoms with van der Waals surface area (Å²) in [6.45, 7) is 2.11. The van der Waals surface area contributed by atoms with Gasteiger partial charge in [-0.15, -0.1) is 0 Å². The lowest BCUT2D eigenvalue weighted by molar-refractivity contribution is -0.120. The molecule has 0 radical (unpaired) electrons. The Balaban J connectivity index is 1.42. The van der Waals surface area contributed by atoms with E-state index in [0.717, 1.165) is 36.0 Å². The Labute approximate surface area is 161 Å². The second kappa shape index (κ2) is 8.94. The molecule has 2 aromatic rings. The number of hydrogen-bond donors (Lipinski definition) is 1. The fourth-order valence-electron chi connectivity index (χ4n) is 3.15. The zero-order valence-electron chi connectivity index (χ0n) is 14.5. The Morgan fingerprint density at radius 3 is 2.62 bits per heavy atom. The van der Waals surface area contributed by atoms with Gasteiger partial charge in [-0.3, -0.25) is 14.6 Å². The number of nitrogens with zero attached hydrogens (tertiary/aromatic N) is 2. The highest BCUT2D eigenvalue weighted by atomic mass is 79.9. The summed E-state index contributed by atoms with van der Waals surface area (Å²) in [5.74, 6) is 0.483. The number of benzene rings is 1. The van der Waals surface area contributed by atoms with E-state index in [1.165, 1.54) is 0 Å². The Hall–Kier alpha value is -2.21. The van der Waals surface area contributed by atoms with Crippen LogP contribution in [0.2, 0.25) is 0 Å². The van der Waals surface area contributed by atoms with Crippen molar-refractivity contribution in [2.45, 2.75) is 19.3 Å². The minimum absolute atomic E-state index is 0.0331. The SMILES string of the molecule is O=C(Cc1ccccc1Br)NCC1CCN(C(=O)c2cccnc2)CC1. The number of carbonyl (C=O) groups excluding carboxylic acids is 2. The molecule has 1 aliphatic rings. The number of aromatic nitrogens is 1. The first kappa shape index (κ1) is 18.6. The van der Waals surface area contributed by atoms with Gasteiger partial charge in [0.15, 0.2) is 0 Å². The molecule has 0 atom stereocenters. The molecule has 3 rings (SSSR count). The van der Waals surface area contributed by atoms with Crippen LogP contribution in [0.4, 0.5) is 0 Å². The first-order valence-corrected chi connectivity index (χ1v) is 9.62. The van der Waals surface area contributed by atoms with Gasteiger partial charge in [0.25, 0.3) is 5.91 Å². The molecular weight excluding hydrogens is 394 g/mol. The van der Waals surface area contributed by atoms with Crippen molar-refractivity contribution in [3.63, 3.8) is 0 Å². The van der Waals surface area contributed by atoms with Crippen molar-refractivity contribution in [2.75, 3.05) is 19.6 Å². The van der Waals surface area contributed by atoms with Crippen molar-refractivity contribution in [2.24, 2.45) is 5.92 Å². The molecular formula is C20H22BrN3O2. The number of nitrogens with one attached hydrogen (secondary N) is 1. The molecule has 0 spiro atoms. The van der Waals surface area contributed by atoms with Crippen LogP contribution in [0.25, 0.3) is 0 Å². The predicted molar refractivity (Wildman–Crippen MR) is 104 cm³/mol. The van der Waals surface area contributed by atoms with E-state index in [4.69, 9.17) is 0 Å². The molecule has 2 amide bonds. The summed E-state index contributed by atoms with van der Waals surface area (Å²) in [7, 11) is 0. The summed E-state index contributed by atoms with van der Waals surface area (Å²) in [4.78, 5) is 30.5. The highest BCUT2D eigenvalue weighted by Crippen LogP contribution is 2.19. The fraction of sp³-hybridized carbons (Fsp3) is 0.350. The largest absolute Gasteiger partial charge is 0.356 e. The summed E-state index contributed by atoms with van der Waals surface area (Å²) in [5, 5.41) is 3.03. The lowest BCUT2D eigenvalue weighted by Gasteiger charge is -2.32. The summed E-state index contributed by atoms with van der Waals surface area (Å²) in [5.41, 5.74) is 1.62. The van der Waals surface area contributed by atoms with Crippen molar-refractivity contribution < 1.29 is 9.59 Å². The molecule has 1 saturated heterocycles. The van der Waals surface area contributed by atoms with Gasteiger partial charge in [0.2, 0.25) is 5.91 Å². The summed E-state index contributed by atoms with van der Waals surface area (Å²) in [6.07, 6.45) is 5.46. The van der Waals surface area contributed by atoms with Crippen molar-refractivity contribution >= 4 is 27.7 Å². The molecule has 0 unspecified atom stereocenters. The Morgan fingerprint density at radius 1 is 1.15 bits per heavy atom. The minimum atomic E-state index is 0.0331. The third-order valence-electron chi connectivity index (χ3n) is 4.71. The van der Waals surface area contributed by atoms with Crippen molar-refractivity contribution in [1.82, 2.24) is 15.2 Å². The van der Waals surface area contributed by atoms with Crippen LogP contribution >= 0.6 is 15.9 Å². The van der Waals surface area contributed by atoms with Gasteiger partial charge in [-0.1, -0.05) is 34.1 Å². The lowest BCUT2D eigenvalue weighted by atomic mass is 9.96. The van der Waals surface area contributed by atoms with Crippen LogP contribution in [0, 0.1) is 5.92 Å². The standard InChI is InChI=1S/C20H22BrN3O2/c21-18-6-2-1-4-16(18)12-19(25)23-13-15-7-10-24(11-8-15)20(26)17-5-3-9-22-14-17/h1-6,9,14-15H,7-8,10-13H2,(H,23,25). The molecule has 5 nitrogen and oxygen atoms in total. The molecule has 1 aliphatic heterocycles. The predicted octanol–water partition coefficient (Wildman–Crippen LogP) is 3.06. The number of amides is 2. The normalized spacial score (nSPS) is 14.9. The van der Waals surface area contributed by atoms with E-state index in [0.29, 0.717) is 24.4 Å². The van der Waals surface area contributed by atoms with Crippen molar-refractivity contribution in [3.05, 3.63) is 64.4 Å². The second-order valence-electron chi connectivity index (χ2n) is 6.55. The molecule has 26 heavy (non-hydrogen) atoms. The van der Waals surface area contributed by atoms with Crippen LogP contribution in [0.5, 0.6) is 0 Å². The van der Waals surface area contributed by atoms with Crippen molar-refractivity contribution in [3.8, 4) is 0 Å². The van der Waals surface area contributed by atoms with Gasteiger partial charge in [0.1, 0.15) is 0 Å². The molecule has 2 heterocycles. The van der Waals surface area contributed by atoms with Gasteiger partial charge < -0.3 is 10.2 Å². The maximum absolute atomic E-state index is 12.4. The van der Waals surface area contributed by atoms with E-state index >= 15 is 0 Å². The third-order valence-corrected chi connectivity index (χ3v) is 5.48. The molecule has 1 fully saturated rings. The van der Waals surface area contributed by atoms with E-state index in [-0.39, 0.29) is 11.8 Å². The molecule has 136 valence electrons. The van der Waals surface area contributed by atoms with E-state index in [2.05, 4.69) is 26.2 Å². The van der Waals surface area contributed by atoms with Crippen LogP contribution in [0.15, 0.2) is 53.3 Å². The van der Waals surface area contributed by atoms with E-state index in [9.17, 15) is 9.59 Å². The average molecular weight is 416 g/mol. The van der Waals surface area contributed by atoms with Gasteiger partial charge in [0.05, 0.1) is 12.0 Å². The van der Waals surface area contributed by atoms with Gasteiger partial charge in [0, 0.05) is 36.5 Å². The number of piperidine rings is 1. The Morgan fingerprint density at radius 2 is 1.92 bits per heavy atom. The van der Waals surface area contributed by atoms with E-state index in [1.54, 1.807) is 24.5 Å². The minimum Gasteiger partial charge on any atom is -0.356 e. The number of likely N-dealkylation sites (tertiary alicyclic amines) is 1. The Kier molecular flexibility index (Phi) is 6.39. The zero-order valence-corrected chi connectivity index (χ0v) is 16.1. The molecule has 1 aromatic heterocycles. The molecule has 0 saturated carbocycles. The molecule has 1 N–H and O–H groups in total. The third kappa shape index (κ3) is 4.91. The number of carbonyl (C=O) groups is 2. The molecule has 1 aromatic carbocycles. The van der Waals surface area contributed by atoms with Crippen LogP contribution < -0.4 is 5.32 Å². The lowest BCUT2D eigenvalue weighted by Crippen LogP contribution is -2.41. The highest BCUT2D eigenvalue weighted by molar-refractivity contribution is 9.10. The van der Waals surface area contributed by atoms with E-state index < -0.39 is 0 Å². The highest BCUT2D eigenvalue weighted by Gasteiger charge is 2.24. The van der Waals surface area contributed by atoms with Gasteiger partial charge >= 0.3 is 0 Å². The molecule has 6 heteroatoms. The first-order chi connectivity index (χ1) is 12.6. The first-order valence-electron chi connectivity index (χ1n) is 8.83. The van der Waals surface area contributed by atoms with Crippen LogP contribution in [0.1, 0.15) is 28.8 Å². The fourth-order valence-corrected chi connectivity index (χ4v) is 3.57. The van der Waals surface area contributed by atoms with Crippen LogP contribution in [-0.2, 0) is 11.2 Å². The summed E-state index contributed by atoms with van der Waals surface area (Å²) in [6, 6.07) is 11.3. The van der Waals surface area contributed by atoms with E-state index in [1.807, 2.05) is 29.2 Å². The molecule has 0 bridgehead atoms. The quantitative estimate of drug-likeness (QED) is 0.815. The van der Waals surface area contributed by atoms with Crippen LogP contribution in [0.3, 0.4) is 0 Å². The Bertz CT molecular complexity index is 759. The monoisotopic (exact) mass is 415 g/mol. The summed E-state index contributed by atoms with van der Waals surface area (Å²) < 4.78 is 0.956. The number of rotatable bonds is 5. The smallest absolute Gasteiger partial charge is 0.255 e. The van der Waals surface area contributed by atoms with Gasteiger partial charge in [-0.25, -0.2) is 0 Å². The van der Waals surface area contributed by atoms with Gasteiger partial charge in [-0.2, -0.15) is 0 Å². The maximum atomic E-state index is 12.4.